The van der Waals surface area contributed by atoms with Gasteiger partial charge in [-0.2, -0.15) is 4.31 Å². The maximum absolute atomic E-state index is 11.8. The van der Waals surface area contributed by atoms with Gasteiger partial charge in [-0.3, -0.25) is 0 Å². The van der Waals surface area contributed by atoms with Crippen LogP contribution in [0.2, 0.25) is 0 Å². The average Bonchev–Trinajstić information content (AvgIpc) is 3.10. The molecule has 1 aromatic heterocycles. The van der Waals surface area contributed by atoms with Crippen LogP contribution in [0, 0.1) is 0 Å². The minimum absolute atomic E-state index is 0.110. The van der Waals surface area contributed by atoms with E-state index in [1.807, 2.05) is 11.3 Å². The van der Waals surface area contributed by atoms with Gasteiger partial charge in [0.1, 0.15) is 0 Å². The van der Waals surface area contributed by atoms with E-state index in [9.17, 15) is 8.42 Å². The van der Waals surface area contributed by atoms with E-state index < -0.39 is 10.0 Å². The Labute approximate surface area is 137 Å². The SMILES string of the molecule is CCc1nc2c(s1)[C@H](NC[C@H]1CCCN1S(C)(=O)=O)CCC2. The zero-order chi connectivity index (χ0) is 15.7. The third-order valence-electron chi connectivity index (χ3n) is 4.65. The Balaban J connectivity index is 1.66. The fourth-order valence-corrected chi connectivity index (χ4v) is 5.89. The fraction of sp³-hybridized carbons (Fsp3) is 0.800. The second kappa shape index (κ2) is 6.55. The van der Waals surface area contributed by atoms with Crippen molar-refractivity contribution in [3.63, 3.8) is 0 Å². The molecule has 0 bridgehead atoms. The molecular weight excluding hydrogens is 318 g/mol. The molecule has 2 atom stereocenters. The molecule has 22 heavy (non-hydrogen) atoms. The number of fused-ring (bicyclic) bond motifs is 1. The first-order valence-electron chi connectivity index (χ1n) is 8.17. The number of hydrogen-bond acceptors (Lipinski definition) is 5. The molecule has 2 aliphatic rings. The summed E-state index contributed by atoms with van der Waals surface area (Å²) in [5.74, 6) is 0. The van der Waals surface area contributed by atoms with Gasteiger partial charge < -0.3 is 5.32 Å². The van der Waals surface area contributed by atoms with Crippen molar-refractivity contribution >= 4 is 21.4 Å². The third kappa shape index (κ3) is 3.37. The van der Waals surface area contributed by atoms with Crippen molar-refractivity contribution in [2.24, 2.45) is 0 Å². The normalized spacial score (nSPS) is 26.3. The summed E-state index contributed by atoms with van der Waals surface area (Å²) >= 11 is 1.83. The van der Waals surface area contributed by atoms with E-state index in [0.29, 0.717) is 12.6 Å². The van der Waals surface area contributed by atoms with Crippen LogP contribution < -0.4 is 5.32 Å². The summed E-state index contributed by atoms with van der Waals surface area (Å²) in [7, 11) is -3.08. The summed E-state index contributed by atoms with van der Waals surface area (Å²) in [4.78, 5) is 6.11. The number of rotatable bonds is 5. The van der Waals surface area contributed by atoms with Gasteiger partial charge in [-0.15, -0.1) is 11.3 Å². The van der Waals surface area contributed by atoms with Crippen molar-refractivity contribution in [1.82, 2.24) is 14.6 Å². The highest BCUT2D eigenvalue weighted by Crippen LogP contribution is 2.34. The number of aromatic nitrogens is 1. The van der Waals surface area contributed by atoms with Gasteiger partial charge in [-0.05, 0) is 38.5 Å². The lowest BCUT2D eigenvalue weighted by atomic mass is 9.98. The maximum Gasteiger partial charge on any atom is 0.211 e. The lowest BCUT2D eigenvalue weighted by Crippen LogP contribution is -2.42. The molecule has 5 nitrogen and oxygen atoms in total. The molecule has 1 aliphatic carbocycles. The molecular formula is C15H25N3O2S2. The van der Waals surface area contributed by atoms with E-state index in [0.717, 1.165) is 45.1 Å². The van der Waals surface area contributed by atoms with Crippen molar-refractivity contribution in [3.8, 4) is 0 Å². The topological polar surface area (TPSA) is 62.3 Å². The Morgan fingerprint density at radius 3 is 2.91 bits per heavy atom. The van der Waals surface area contributed by atoms with Crippen LogP contribution in [0.15, 0.2) is 0 Å². The van der Waals surface area contributed by atoms with E-state index >= 15 is 0 Å². The Morgan fingerprint density at radius 2 is 2.18 bits per heavy atom. The van der Waals surface area contributed by atoms with Gasteiger partial charge in [0.15, 0.2) is 0 Å². The third-order valence-corrected chi connectivity index (χ3v) is 7.33. The lowest BCUT2D eigenvalue weighted by molar-refractivity contribution is 0.349. The van der Waals surface area contributed by atoms with Crippen molar-refractivity contribution in [2.75, 3.05) is 19.3 Å². The Kier molecular flexibility index (Phi) is 4.87. The van der Waals surface area contributed by atoms with E-state index in [4.69, 9.17) is 4.98 Å². The standard InChI is InChI=1S/C15H25N3O2S2/c1-3-14-17-13-8-4-7-12(15(13)21-14)16-10-11-6-5-9-18(11)22(2,19)20/h11-12,16H,3-10H2,1-2H3/t11-,12-/m1/s1. The van der Waals surface area contributed by atoms with E-state index in [2.05, 4.69) is 12.2 Å². The summed E-state index contributed by atoms with van der Waals surface area (Å²) in [5, 5.41) is 4.84. The number of sulfonamides is 1. The van der Waals surface area contributed by atoms with Gasteiger partial charge in [0.05, 0.1) is 17.0 Å². The number of aryl methyl sites for hydroxylation is 2. The number of hydrogen-bond donors (Lipinski definition) is 1. The molecule has 1 saturated heterocycles. The first kappa shape index (κ1) is 16.4. The number of nitrogens with zero attached hydrogens (tertiary/aromatic N) is 2. The number of thiazole rings is 1. The molecule has 0 aromatic carbocycles. The molecule has 1 N–H and O–H groups in total. The molecule has 1 fully saturated rings. The minimum atomic E-state index is -3.08. The zero-order valence-corrected chi connectivity index (χ0v) is 15.0. The second-order valence-corrected chi connectivity index (χ2v) is 9.35. The summed E-state index contributed by atoms with van der Waals surface area (Å²) in [6.07, 6.45) is 7.62. The molecule has 0 unspecified atom stereocenters. The van der Waals surface area contributed by atoms with Gasteiger partial charge in [0.2, 0.25) is 10.0 Å². The van der Waals surface area contributed by atoms with Crippen LogP contribution in [0.4, 0.5) is 0 Å². The molecule has 0 radical (unpaired) electrons. The highest BCUT2D eigenvalue weighted by Gasteiger charge is 2.32. The summed E-state index contributed by atoms with van der Waals surface area (Å²) < 4.78 is 25.3. The van der Waals surface area contributed by atoms with E-state index in [-0.39, 0.29) is 6.04 Å². The second-order valence-electron chi connectivity index (χ2n) is 6.29. The highest BCUT2D eigenvalue weighted by atomic mass is 32.2. The molecule has 0 saturated carbocycles. The van der Waals surface area contributed by atoms with Crippen LogP contribution in [0.1, 0.15) is 54.2 Å². The highest BCUT2D eigenvalue weighted by molar-refractivity contribution is 7.88. The van der Waals surface area contributed by atoms with Crippen LogP contribution in [-0.2, 0) is 22.9 Å². The summed E-state index contributed by atoms with van der Waals surface area (Å²) in [6.45, 7) is 3.56. The monoisotopic (exact) mass is 343 g/mol. The van der Waals surface area contributed by atoms with Crippen LogP contribution in [0.5, 0.6) is 0 Å². The zero-order valence-electron chi connectivity index (χ0n) is 13.3. The average molecular weight is 344 g/mol. The minimum Gasteiger partial charge on any atom is -0.308 e. The number of nitrogens with one attached hydrogen (secondary N) is 1. The van der Waals surface area contributed by atoms with Crippen molar-refractivity contribution < 1.29 is 8.42 Å². The predicted molar refractivity (Wildman–Crippen MR) is 89.7 cm³/mol. The summed E-state index contributed by atoms with van der Waals surface area (Å²) in [5.41, 5.74) is 1.26. The molecule has 124 valence electrons. The Bertz CT molecular complexity index is 627. The molecule has 0 amide bonds. The molecule has 3 rings (SSSR count). The van der Waals surface area contributed by atoms with Gasteiger partial charge in [-0.1, -0.05) is 6.92 Å². The Morgan fingerprint density at radius 1 is 1.36 bits per heavy atom. The van der Waals surface area contributed by atoms with E-state index in [1.165, 1.54) is 21.8 Å². The molecule has 2 heterocycles. The largest absolute Gasteiger partial charge is 0.308 e. The van der Waals surface area contributed by atoms with Crippen LogP contribution in [0.25, 0.3) is 0 Å². The van der Waals surface area contributed by atoms with Gasteiger partial charge in [0.25, 0.3) is 0 Å². The van der Waals surface area contributed by atoms with Crippen molar-refractivity contribution in [2.45, 2.75) is 57.5 Å². The smallest absolute Gasteiger partial charge is 0.211 e. The van der Waals surface area contributed by atoms with Crippen molar-refractivity contribution in [1.29, 1.82) is 0 Å². The van der Waals surface area contributed by atoms with Crippen LogP contribution in [0.3, 0.4) is 0 Å². The van der Waals surface area contributed by atoms with Gasteiger partial charge in [0, 0.05) is 30.1 Å². The predicted octanol–water partition coefficient (Wildman–Crippen LogP) is 2.10. The molecule has 1 aliphatic heterocycles. The van der Waals surface area contributed by atoms with Crippen molar-refractivity contribution in [3.05, 3.63) is 15.6 Å². The van der Waals surface area contributed by atoms with Crippen LogP contribution >= 0.6 is 11.3 Å². The Hall–Kier alpha value is -0.500. The van der Waals surface area contributed by atoms with Crippen LogP contribution in [-0.4, -0.2) is 43.1 Å². The molecule has 1 aromatic rings. The van der Waals surface area contributed by atoms with Gasteiger partial charge in [-0.25, -0.2) is 13.4 Å². The molecule has 0 spiro atoms. The van der Waals surface area contributed by atoms with Gasteiger partial charge >= 0.3 is 0 Å². The quantitative estimate of drug-likeness (QED) is 0.889. The lowest BCUT2D eigenvalue weighted by Gasteiger charge is -2.27. The molecule has 7 heteroatoms. The first-order chi connectivity index (χ1) is 10.5. The van der Waals surface area contributed by atoms with E-state index in [1.54, 1.807) is 4.31 Å². The first-order valence-corrected chi connectivity index (χ1v) is 10.8. The fourth-order valence-electron chi connectivity index (χ4n) is 3.54. The summed E-state index contributed by atoms with van der Waals surface area (Å²) in [6, 6.07) is 0.461. The maximum atomic E-state index is 11.8.